The van der Waals surface area contributed by atoms with Crippen molar-refractivity contribution in [3.8, 4) is 0 Å². The van der Waals surface area contributed by atoms with Gasteiger partial charge in [0.05, 0.1) is 5.92 Å². The van der Waals surface area contributed by atoms with Crippen LogP contribution in [0.3, 0.4) is 0 Å². The maximum atomic E-state index is 14.0. The van der Waals surface area contributed by atoms with Gasteiger partial charge < -0.3 is 5.11 Å². The Morgan fingerprint density at radius 3 is 1.69 bits per heavy atom. The standard InChI is InChI=1S/C30H26O2/c31-29(24-17-9-3-10-18-24)28-27(23-15-7-2-8-16-23)26(22-13-5-1-6-14-22)21-30(28,32)25-19-11-4-12-20-25/h1-20,26-28,32H,21H2/t26-,27-,28-,30-/m0/s1. The van der Waals surface area contributed by atoms with E-state index in [4.69, 9.17) is 0 Å². The Morgan fingerprint density at radius 2 is 1.12 bits per heavy atom. The third-order valence-corrected chi connectivity index (χ3v) is 6.86. The quantitative estimate of drug-likeness (QED) is 0.384. The molecule has 0 spiro atoms. The van der Waals surface area contributed by atoms with E-state index in [1.807, 2.05) is 97.1 Å². The summed E-state index contributed by atoms with van der Waals surface area (Å²) in [4.78, 5) is 14.0. The first-order valence-electron chi connectivity index (χ1n) is 11.2. The summed E-state index contributed by atoms with van der Waals surface area (Å²) in [6, 6.07) is 39.6. The number of Topliss-reactive ketones (excluding diaryl/α,β-unsaturated/α-hetero) is 1. The second-order valence-corrected chi connectivity index (χ2v) is 8.66. The predicted octanol–water partition coefficient (Wildman–Crippen LogP) is 6.34. The molecule has 0 heterocycles. The van der Waals surface area contributed by atoms with E-state index in [1.54, 1.807) is 0 Å². The molecular weight excluding hydrogens is 392 g/mol. The normalized spacial score (nSPS) is 24.8. The molecule has 1 saturated carbocycles. The molecule has 4 aromatic carbocycles. The minimum Gasteiger partial charge on any atom is -0.384 e. The lowest BCUT2D eigenvalue weighted by Crippen LogP contribution is -2.37. The molecule has 1 aliphatic rings. The highest BCUT2D eigenvalue weighted by atomic mass is 16.3. The fourth-order valence-corrected chi connectivity index (χ4v) is 5.43. The van der Waals surface area contributed by atoms with Crippen LogP contribution in [0.2, 0.25) is 0 Å². The molecule has 1 N–H and O–H groups in total. The van der Waals surface area contributed by atoms with Gasteiger partial charge in [-0.2, -0.15) is 0 Å². The Bertz CT molecular complexity index is 1170. The molecule has 0 saturated heterocycles. The topological polar surface area (TPSA) is 37.3 Å². The van der Waals surface area contributed by atoms with Crippen molar-refractivity contribution in [3.63, 3.8) is 0 Å². The second-order valence-electron chi connectivity index (χ2n) is 8.66. The van der Waals surface area contributed by atoms with Crippen molar-refractivity contribution < 1.29 is 9.90 Å². The Morgan fingerprint density at radius 1 is 0.656 bits per heavy atom. The van der Waals surface area contributed by atoms with Crippen LogP contribution in [0, 0.1) is 5.92 Å². The lowest BCUT2D eigenvalue weighted by Gasteiger charge is -2.32. The van der Waals surface area contributed by atoms with E-state index in [0.717, 1.165) is 16.7 Å². The molecule has 32 heavy (non-hydrogen) atoms. The van der Waals surface area contributed by atoms with Crippen LogP contribution in [0.1, 0.15) is 45.3 Å². The van der Waals surface area contributed by atoms with Gasteiger partial charge >= 0.3 is 0 Å². The molecular formula is C30H26O2. The Balaban J connectivity index is 1.72. The lowest BCUT2D eigenvalue weighted by molar-refractivity contribution is -0.000254. The van der Waals surface area contributed by atoms with E-state index in [0.29, 0.717) is 12.0 Å². The number of hydrogen-bond acceptors (Lipinski definition) is 2. The summed E-state index contributed by atoms with van der Waals surface area (Å²) in [6.07, 6.45) is 0.490. The van der Waals surface area contributed by atoms with Gasteiger partial charge in [0.1, 0.15) is 5.60 Å². The minimum absolute atomic E-state index is 0.00997. The average Bonchev–Trinajstić information content (AvgIpc) is 3.20. The SMILES string of the molecule is O=C(c1ccccc1)[C@@H]1[C@@H](c2ccccc2)[C@H](c2ccccc2)C[C@]1(O)c1ccccc1. The van der Waals surface area contributed by atoms with Crippen molar-refractivity contribution in [1.82, 2.24) is 0 Å². The third kappa shape index (κ3) is 3.57. The van der Waals surface area contributed by atoms with Crippen molar-refractivity contribution >= 4 is 5.78 Å². The van der Waals surface area contributed by atoms with Crippen molar-refractivity contribution in [2.24, 2.45) is 5.92 Å². The maximum absolute atomic E-state index is 14.0. The van der Waals surface area contributed by atoms with Crippen LogP contribution in [0.25, 0.3) is 0 Å². The van der Waals surface area contributed by atoms with Gasteiger partial charge in [0.15, 0.2) is 5.78 Å². The number of carbonyl (C=O) groups excluding carboxylic acids is 1. The zero-order valence-corrected chi connectivity index (χ0v) is 17.8. The Kier molecular flexibility index (Phi) is 5.46. The number of carbonyl (C=O) groups is 1. The van der Waals surface area contributed by atoms with Crippen LogP contribution < -0.4 is 0 Å². The average molecular weight is 419 g/mol. The molecule has 4 aromatic rings. The first kappa shape index (κ1) is 20.4. The summed E-state index contributed by atoms with van der Waals surface area (Å²) in [6.45, 7) is 0. The van der Waals surface area contributed by atoms with E-state index in [9.17, 15) is 9.90 Å². The van der Waals surface area contributed by atoms with Crippen molar-refractivity contribution in [2.45, 2.75) is 23.9 Å². The van der Waals surface area contributed by atoms with Gasteiger partial charge in [0.25, 0.3) is 0 Å². The van der Waals surface area contributed by atoms with Gasteiger partial charge in [-0.1, -0.05) is 121 Å². The second kappa shape index (κ2) is 8.57. The largest absolute Gasteiger partial charge is 0.384 e. The lowest BCUT2D eigenvalue weighted by atomic mass is 9.73. The highest BCUT2D eigenvalue weighted by Gasteiger charge is 2.57. The Hall–Kier alpha value is -3.49. The summed E-state index contributed by atoms with van der Waals surface area (Å²) in [5.41, 5.74) is 2.41. The monoisotopic (exact) mass is 418 g/mol. The molecule has 0 bridgehead atoms. The van der Waals surface area contributed by atoms with Crippen LogP contribution >= 0.6 is 0 Å². The minimum atomic E-state index is -1.27. The highest BCUT2D eigenvalue weighted by Crippen LogP contribution is 2.59. The zero-order chi connectivity index (χ0) is 22.0. The maximum Gasteiger partial charge on any atom is 0.169 e. The molecule has 1 fully saturated rings. The number of hydrogen-bond donors (Lipinski definition) is 1. The van der Waals surface area contributed by atoms with E-state index < -0.39 is 11.5 Å². The summed E-state index contributed by atoms with van der Waals surface area (Å²) >= 11 is 0. The molecule has 4 atom stereocenters. The molecule has 0 radical (unpaired) electrons. The zero-order valence-electron chi connectivity index (χ0n) is 17.8. The smallest absolute Gasteiger partial charge is 0.169 e. The van der Waals surface area contributed by atoms with E-state index >= 15 is 0 Å². The van der Waals surface area contributed by atoms with Crippen LogP contribution in [0.4, 0.5) is 0 Å². The van der Waals surface area contributed by atoms with Crippen molar-refractivity contribution in [1.29, 1.82) is 0 Å². The molecule has 0 unspecified atom stereocenters. The molecule has 1 aliphatic carbocycles. The first-order chi connectivity index (χ1) is 15.7. The van der Waals surface area contributed by atoms with Gasteiger partial charge in [-0.3, -0.25) is 4.79 Å². The third-order valence-electron chi connectivity index (χ3n) is 6.86. The summed E-state index contributed by atoms with van der Waals surface area (Å²) in [5, 5.41) is 12.3. The predicted molar refractivity (Wildman–Crippen MR) is 128 cm³/mol. The first-order valence-corrected chi connectivity index (χ1v) is 11.2. The van der Waals surface area contributed by atoms with Gasteiger partial charge in [0, 0.05) is 11.5 Å². The van der Waals surface area contributed by atoms with Crippen molar-refractivity contribution in [2.75, 3.05) is 0 Å². The Labute approximate surface area is 189 Å². The molecule has 0 amide bonds. The number of aliphatic hydroxyl groups is 1. The van der Waals surface area contributed by atoms with Gasteiger partial charge in [0.2, 0.25) is 0 Å². The molecule has 0 aliphatic heterocycles. The van der Waals surface area contributed by atoms with Crippen LogP contribution in [0.5, 0.6) is 0 Å². The fourth-order valence-electron chi connectivity index (χ4n) is 5.43. The van der Waals surface area contributed by atoms with Gasteiger partial charge in [-0.15, -0.1) is 0 Å². The summed E-state index contributed by atoms with van der Waals surface area (Å²) in [5.74, 6) is -0.734. The molecule has 5 rings (SSSR count). The van der Waals surface area contributed by atoms with Crippen LogP contribution in [0.15, 0.2) is 121 Å². The number of ketones is 1. The van der Waals surface area contributed by atoms with E-state index in [1.165, 1.54) is 0 Å². The van der Waals surface area contributed by atoms with Gasteiger partial charge in [-0.25, -0.2) is 0 Å². The van der Waals surface area contributed by atoms with Crippen molar-refractivity contribution in [3.05, 3.63) is 144 Å². The summed E-state index contributed by atoms with van der Waals surface area (Å²) in [7, 11) is 0. The van der Waals surface area contributed by atoms with Crippen LogP contribution in [-0.4, -0.2) is 10.9 Å². The molecule has 0 aromatic heterocycles. The van der Waals surface area contributed by atoms with Gasteiger partial charge in [-0.05, 0) is 29.0 Å². The molecule has 2 nitrogen and oxygen atoms in total. The molecule has 2 heteroatoms. The van der Waals surface area contributed by atoms with E-state index in [-0.39, 0.29) is 17.6 Å². The van der Waals surface area contributed by atoms with Crippen LogP contribution in [-0.2, 0) is 5.60 Å². The number of rotatable bonds is 5. The summed E-state index contributed by atoms with van der Waals surface area (Å²) < 4.78 is 0. The molecule has 158 valence electrons. The number of benzene rings is 4. The highest BCUT2D eigenvalue weighted by molar-refractivity contribution is 5.99. The fraction of sp³-hybridized carbons (Fsp3) is 0.167. The van der Waals surface area contributed by atoms with E-state index in [2.05, 4.69) is 24.3 Å².